The number of rotatable bonds is 2. The van der Waals surface area contributed by atoms with E-state index in [0.717, 1.165) is 0 Å². The number of ether oxygens (including phenoxy) is 3. The molecule has 0 saturated carbocycles. The molecule has 1 aliphatic rings. The molecule has 0 fully saturated rings. The average molecular weight is 556 g/mol. The van der Waals surface area contributed by atoms with Gasteiger partial charge in [0.25, 0.3) is 0 Å². The first-order valence-electron chi connectivity index (χ1n) is 12.9. The van der Waals surface area contributed by atoms with Crippen molar-refractivity contribution in [3.63, 3.8) is 0 Å². The van der Waals surface area contributed by atoms with Crippen LogP contribution in [0.3, 0.4) is 0 Å². The van der Waals surface area contributed by atoms with E-state index in [-0.39, 0.29) is 49.0 Å². The lowest BCUT2D eigenvalue weighted by Gasteiger charge is -2.21. The Balaban J connectivity index is 1.58. The van der Waals surface area contributed by atoms with E-state index in [4.69, 9.17) is 27.5 Å². The smallest absolute Gasteiger partial charge is 0.308 e. The SMILES string of the molecule is CO[C@H]1C/C=C\c2nc(co2)-c2nc(co2)-c2nc(co2)[C@@H](OC)[C@@H](C)C(=O)/C=C\C[C@H](O)CC(=O)OC[C@H]1C. The van der Waals surface area contributed by atoms with Crippen LogP contribution in [0.5, 0.6) is 0 Å². The summed E-state index contributed by atoms with van der Waals surface area (Å²) in [6.07, 6.45) is 9.17. The highest BCUT2D eigenvalue weighted by molar-refractivity contribution is 5.92. The van der Waals surface area contributed by atoms with Gasteiger partial charge in [0, 0.05) is 20.1 Å². The molecule has 12 heteroatoms. The molecule has 0 radical (unpaired) electrons. The van der Waals surface area contributed by atoms with Gasteiger partial charge in [0.15, 0.2) is 17.2 Å². The maximum Gasteiger partial charge on any atom is 0.308 e. The lowest BCUT2D eigenvalue weighted by molar-refractivity contribution is -0.148. The van der Waals surface area contributed by atoms with Gasteiger partial charge in [0.2, 0.25) is 17.7 Å². The van der Waals surface area contributed by atoms with Crippen molar-refractivity contribution < 1.29 is 42.2 Å². The van der Waals surface area contributed by atoms with Crippen LogP contribution in [0.2, 0.25) is 0 Å². The maximum atomic E-state index is 12.8. The lowest BCUT2D eigenvalue weighted by atomic mass is 9.96. The molecular weight excluding hydrogens is 522 g/mol. The van der Waals surface area contributed by atoms with Crippen molar-refractivity contribution in [2.75, 3.05) is 20.8 Å². The number of fused-ring (bicyclic) bond motifs is 8. The predicted molar refractivity (Wildman–Crippen MR) is 140 cm³/mol. The quantitative estimate of drug-likeness (QED) is 0.450. The molecule has 40 heavy (non-hydrogen) atoms. The molecule has 0 aliphatic carbocycles. The number of aromatic nitrogens is 3. The van der Waals surface area contributed by atoms with Crippen LogP contribution in [0, 0.1) is 11.8 Å². The Morgan fingerprint density at radius 2 is 1.57 bits per heavy atom. The van der Waals surface area contributed by atoms with Gasteiger partial charge in [-0.25, -0.2) is 15.0 Å². The third-order valence-electron chi connectivity index (χ3n) is 6.60. The zero-order valence-corrected chi connectivity index (χ0v) is 22.8. The van der Waals surface area contributed by atoms with Crippen molar-refractivity contribution in [3.8, 4) is 23.2 Å². The van der Waals surface area contributed by atoms with Crippen molar-refractivity contribution in [1.82, 2.24) is 15.0 Å². The van der Waals surface area contributed by atoms with E-state index in [1.165, 1.54) is 38.1 Å². The molecule has 1 aliphatic heterocycles. The molecule has 0 saturated heterocycles. The van der Waals surface area contributed by atoms with Gasteiger partial charge in [0.1, 0.15) is 30.6 Å². The monoisotopic (exact) mass is 555 g/mol. The minimum atomic E-state index is -0.993. The summed E-state index contributed by atoms with van der Waals surface area (Å²) in [5, 5.41) is 10.3. The number of oxazole rings is 3. The number of hydrogen-bond donors (Lipinski definition) is 1. The van der Waals surface area contributed by atoms with E-state index in [1.807, 2.05) is 13.0 Å². The van der Waals surface area contributed by atoms with E-state index >= 15 is 0 Å². The van der Waals surface area contributed by atoms with E-state index in [1.54, 1.807) is 20.1 Å². The topological polar surface area (TPSA) is 160 Å². The Morgan fingerprint density at radius 3 is 2.35 bits per heavy atom. The zero-order chi connectivity index (χ0) is 28.6. The Morgan fingerprint density at radius 1 is 0.875 bits per heavy atom. The van der Waals surface area contributed by atoms with Crippen LogP contribution in [0.15, 0.2) is 50.3 Å². The minimum absolute atomic E-state index is 0.108. The van der Waals surface area contributed by atoms with Crippen molar-refractivity contribution in [2.45, 2.75) is 51.4 Å². The summed E-state index contributed by atoms with van der Waals surface area (Å²) in [4.78, 5) is 38.3. The highest BCUT2D eigenvalue weighted by Gasteiger charge is 2.28. The number of carbonyl (C=O) groups excluding carboxylic acids is 2. The van der Waals surface area contributed by atoms with Gasteiger partial charge in [0.05, 0.1) is 31.2 Å². The molecule has 214 valence electrons. The van der Waals surface area contributed by atoms with Crippen LogP contribution in [0.25, 0.3) is 29.2 Å². The molecule has 12 nitrogen and oxygen atoms in total. The molecule has 4 rings (SSSR count). The molecule has 0 unspecified atom stereocenters. The van der Waals surface area contributed by atoms with Gasteiger partial charge >= 0.3 is 5.97 Å². The Kier molecular flexibility index (Phi) is 9.80. The molecular formula is C28H33N3O9. The van der Waals surface area contributed by atoms with Gasteiger partial charge in [-0.3, -0.25) is 9.59 Å². The van der Waals surface area contributed by atoms with E-state index in [2.05, 4.69) is 15.0 Å². The minimum Gasteiger partial charge on any atom is -0.465 e. The van der Waals surface area contributed by atoms with E-state index < -0.39 is 24.1 Å². The fourth-order valence-corrected chi connectivity index (χ4v) is 4.24. The Labute approximate surface area is 231 Å². The fourth-order valence-electron chi connectivity index (χ4n) is 4.24. The molecule has 5 atom stereocenters. The summed E-state index contributed by atoms with van der Waals surface area (Å²) in [6.45, 7) is 3.73. The molecule has 1 N–H and O–H groups in total. The van der Waals surface area contributed by atoms with Crippen molar-refractivity contribution in [3.05, 3.63) is 48.6 Å². The number of ketones is 1. The summed E-state index contributed by atoms with van der Waals surface area (Å²) >= 11 is 0. The summed E-state index contributed by atoms with van der Waals surface area (Å²) in [7, 11) is 3.06. The number of methoxy groups -OCH3 is 2. The Hall–Kier alpha value is -3.87. The van der Waals surface area contributed by atoms with Gasteiger partial charge in [-0.2, -0.15) is 0 Å². The normalized spacial score (nSPS) is 26.9. The summed E-state index contributed by atoms with van der Waals surface area (Å²) in [5.41, 5.74) is 1.13. The van der Waals surface area contributed by atoms with E-state index in [0.29, 0.717) is 29.4 Å². The number of hydrogen-bond acceptors (Lipinski definition) is 12. The van der Waals surface area contributed by atoms with Gasteiger partial charge in [-0.15, -0.1) is 0 Å². The number of cyclic esters (lactones) is 1. The molecule has 3 aromatic rings. The van der Waals surface area contributed by atoms with Crippen molar-refractivity contribution >= 4 is 17.8 Å². The number of aliphatic hydroxyl groups excluding tert-OH is 1. The molecule has 6 bridgehead atoms. The second-order valence-corrected chi connectivity index (χ2v) is 9.60. The molecule has 0 spiro atoms. The molecule has 3 aromatic heterocycles. The molecule has 4 heterocycles. The zero-order valence-electron chi connectivity index (χ0n) is 22.8. The van der Waals surface area contributed by atoms with Crippen LogP contribution in [0.1, 0.15) is 50.8 Å². The van der Waals surface area contributed by atoms with Crippen LogP contribution < -0.4 is 0 Å². The van der Waals surface area contributed by atoms with E-state index in [9.17, 15) is 14.7 Å². The fraction of sp³-hybridized carbons (Fsp3) is 0.464. The first-order chi connectivity index (χ1) is 19.3. The summed E-state index contributed by atoms with van der Waals surface area (Å²) in [5.74, 6) is -0.752. The first kappa shape index (κ1) is 29.1. The second kappa shape index (κ2) is 13.5. The third kappa shape index (κ3) is 7.20. The number of carbonyl (C=O) groups is 2. The highest BCUT2D eigenvalue weighted by Crippen LogP contribution is 2.30. The second-order valence-electron chi connectivity index (χ2n) is 9.60. The maximum absolute atomic E-state index is 12.8. The molecule has 0 aromatic carbocycles. The third-order valence-corrected chi connectivity index (χ3v) is 6.60. The van der Waals surface area contributed by atoms with Gasteiger partial charge in [-0.05, 0) is 25.0 Å². The molecule has 0 amide bonds. The first-order valence-corrected chi connectivity index (χ1v) is 12.9. The standard InChI is InChI=1S/C28H33N3O9/c1-16-12-38-25(34)11-18(32)7-5-8-22(33)17(2)26(36-4)19-13-39-28(30-19)21-15-40-27(31-21)20-14-37-24(29-20)10-6-9-23(16)35-3/h5-6,8,10,13-18,23,26,32H,7,9,11-12H2,1-4H3/b8-5-,10-6-/t16-,17+,18+,23+,26+/m1/s1. The van der Waals surface area contributed by atoms with Crippen LogP contribution >= 0.6 is 0 Å². The summed E-state index contributed by atoms with van der Waals surface area (Å²) in [6, 6.07) is 0. The average Bonchev–Trinajstić information content (AvgIpc) is 3.70. The number of aliphatic hydroxyl groups is 1. The highest BCUT2D eigenvalue weighted by atomic mass is 16.5. The van der Waals surface area contributed by atoms with Crippen LogP contribution in [-0.2, 0) is 23.8 Å². The number of nitrogens with zero attached hydrogens (tertiary/aromatic N) is 3. The van der Waals surface area contributed by atoms with Crippen LogP contribution in [0.4, 0.5) is 0 Å². The Bertz CT molecular complexity index is 1340. The number of allylic oxidation sites excluding steroid dienone is 1. The van der Waals surface area contributed by atoms with Gasteiger partial charge in [-0.1, -0.05) is 26.0 Å². The number of esters is 1. The van der Waals surface area contributed by atoms with Crippen molar-refractivity contribution in [1.29, 1.82) is 0 Å². The van der Waals surface area contributed by atoms with Crippen LogP contribution in [-0.4, -0.2) is 64.8 Å². The lowest BCUT2D eigenvalue weighted by Crippen LogP contribution is -2.26. The predicted octanol–water partition coefficient (Wildman–Crippen LogP) is 4.19. The summed E-state index contributed by atoms with van der Waals surface area (Å²) < 4.78 is 33.1. The van der Waals surface area contributed by atoms with Gasteiger partial charge < -0.3 is 32.6 Å². The largest absolute Gasteiger partial charge is 0.465 e. The van der Waals surface area contributed by atoms with Crippen molar-refractivity contribution in [2.24, 2.45) is 11.8 Å².